The molecule has 1 amide bonds. The van der Waals surface area contributed by atoms with E-state index in [1.54, 1.807) is 7.11 Å². The van der Waals surface area contributed by atoms with Crippen molar-refractivity contribution in [3.63, 3.8) is 0 Å². The van der Waals surface area contributed by atoms with E-state index in [4.69, 9.17) is 9.72 Å². The lowest BCUT2D eigenvalue weighted by atomic mass is 10.0. The number of aryl methyl sites for hydroxylation is 1. The van der Waals surface area contributed by atoms with Crippen molar-refractivity contribution in [3.8, 4) is 16.9 Å². The van der Waals surface area contributed by atoms with Gasteiger partial charge in [-0.15, -0.1) is 0 Å². The van der Waals surface area contributed by atoms with E-state index in [0.29, 0.717) is 0 Å². The molecule has 0 N–H and O–H groups in total. The van der Waals surface area contributed by atoms with Crippen molar-refractivity contribution < 1.29 is 9.53 Å². The fourth-order valence-electron chi connectivity index (χ4n) is 3.48. The maximum atomic E-state index is 12.5. The number of hydrogen-bond donors (Lipinski definition) is 0. The Morgan fingerprint density at radius 2 is 1.92 bits per heavy atom. The van der Waals surface area contributed by atoms with Gasteiger partial charge in [-0.1, -0.05) is 26.0 Å². The Balaban J connectivity index is 1.94. The summed E-state index contributed by atoms with van der Waals surface area (Å²) in [5.41, 5.74) is 4.24. The summed E-state index contributed by atoms with van der Waals surface area (Å²) in [4.78, 5) is 19.3. The third kappa shape index (κ3) is 3.68. The number of rotatable bonds is 4. The quantitative estimate of drug-likeness (QED) is 0.830. The number of nitrogens with zero attached hydrogens (tertiary/aromatic N) is 2. The number of hydrogen-bond acceptors (Lipinski definition) is 3. The minimum absolute atomic E-state index is 0.0199. The van der Waals surface area contributed by atoms with Gasteiger partial charge in [0.2, 0.25) is 5.91 Å². The second-order valence-corrected chi connectivity index (χ2v) is 6.99. The van der Waals surface area contributed by atoms with Gasteiger partial charge in [0.1, 0.15) is 5.75 Å². The number of amides is 1. The van der Waals surface area contributed by atoms with Crippen LogP contribution in [-0.2, 0) is 4.79 Å². The van der Waals surface area contributed by atoms with Gasteiger partial charge < -0.3 is 9.64 Å². The van der Waals surface area contributed by atoms with Gasteiger partial charge in [0.25, 0.3) is 0 Å². The molecule has 0 saturated carbocycles. The third-order valence-corrected chi connectivity index (χ3v) is 4.77. The molecule has 1 aromatic carbocycles. The average Bonchev–Trinajstić information content (AvgIpc) is 3.10. The van der Waals surface area contributed by atoms with E-state index in [1.807, 2.05) is 37.8 Å². The number of ether oxygens (including phenoxy) is 1. The van der Waals surface area contributed by atoms with Gasteiger partial charge in [-0.3, -0.25) is 9.78 Å². The molecule has 0 radical (unpaired) electrons. The normalized spacial score (nSPS) is 17.2. The van der Waals surface area contributed by atoms with E-state index in [1.165, 1.54) is 0 Å². The van der Waals surface area contributed by atoms with Gasteiger partial charge in [-0.05, 0) is 55.2 Å². The molecule has 0 unspecified atom stereocenters. The molecule has 1 aliphatic heterocycles. The molecule has 2 aromatic rings. The molecular formula is C21H26N2O2. The predicted octanol–water partition coefficient (Wildman–Crippen LogP) is 4.39. The number of aromatic nitrogens is 1. The molecule has 4 nitrogen and oxygen atoms in total. The highest BCUT2D eigenvalue weighted by Gasteiger charge is 2.32. The van der Waals surface area contributed by atoms with Crippen LogP contribution in [-0.4, -0.2) is 29.4 Å². The first-order valence-electron chi connectivity index (χ1n) is 8.93. The monoisotopic (exact) mass is 338 g/mol. The highest BCUT2D eigenvalue weighted by Crippen LogP contribution is 2.34. The number of benzene rings is 1. The summed E-state index contributed by atoms with van der Waals surface area (Å²) in [5, 5.41) is 0. The third-order valence-electron chi connectivity index (χ3n) is 4.77. The number of carbonyl (C=O) groups excluding carboxylic acids is 1. The molecular weight excluding hydrogens is 312 g/mol. The van der Waals surface area contributed by atoms with Crippen molar-refractivity contribution in [2.24, 2.45) is 5.92 Å². The first-order chi connectivity index (χ1) is 12.0. The Hall–Kier alpha value is -2.36. The lowest BCUT2D eigenvalue weighted by Crippen LogP contribution is -2.34. The van der Waals surface area contributed by atoms with Crippen molar-refractivity contribution in [3.05, 3.63) is 47.8 Å². The van der Waals surface area contributed by atoms with Crippen molar-refractivity contribution in [2.45, 2.75) is 39.7 Å². The first kappa shape index (κ1) is 17.5. The standard InChI is InChI=1S/C21H26N2O2/c1-14(2)21(24)23-11-5-6-20(23)19-13-17(12-15(3)22-19)16-7-9-18(25-4)10-8-16/h7-10,12-14,20H,5-6,11H2,1-4H3/t20-/m0/s1. The zero-order chi connectivity index (χ0) is 18.0. The van der Waals surface area contributed by atoms with Gasteiger partial charge in [0.05, 0.1) is 18.8 Å². The minimum atomic E-state index is 0.0199. The maximum absolute atomic E-state index is 12.5. The summed E-state index contributed by atoms with van der Waals surface area (Å²) in [6.45, 7) is 6.77. The van der Waals surface area contributed by atoms with Crippen LogP contribution in [0.15, 0.2) is 36.4 Å². The topological polar surface area (TPSA) is 42.4 Å². The zero-order valence-corrected chi connectivity index (χ0v) is 15.5. The Kier molecular flexibility index (Phi) is 5.07. The average molecular weight is 338 g/mol. The van der Waals surface area contributed by atoms with Crippen LogP contribution in [0.25, 0.3) is 11.1 Å². The van der Waals surface area contributed by atoms with Gasteiger partial charge in [0, 0.05) is 18.2 Å². The Morgan fingerprint density at radius 1 is 1.20 bits per heavy atom. The van der Waals surface area contributed by atoms with E-state index >= 15 is 0 Å². The number of pyridine rings is 1. The largest absolute Gasteiger partial charge is 0.497 e. The van der Waals surface area contributed by atoms with Crippen LogP contribution in [0.3, 0.4) is 0 Å². The van der Waals surface area contributed by atoms with Crippen molar-refractivity contribution in [1.82, 2.24) is 9.88 Å². The van der Waals surface area contributed by atoms with E-state index in [9.17, 15) is 4.79 Å². The van der Waals surface area contributed by atoms with E-state index in [0.717, 1.165) is 47.7 Å². The molecule has 132 valence electrons. The highest BCUT2D eigenvalue weighted by atomic mass is 16.5. The van der Waals surface area contributed by atoms with Crippen LogP contribution in [0.2, 0.25) is 0 Å². The van der Waals surface area contributed by atoms with Crippen molar-refractivity contribution in [2.75, 3.05) is 13.7 Å². The molecule has 0 aliphatic carbocycles. The SMILES string of the molecule is COc1ccc(-c2cc(C)nc([C@@H]3CCCN3C(=O)C(C)C)c2)cc1. The summed E-state index contributed by atoms with van der Waals surface area (Å²) in [7, 11) is 1.67. The van der Waals surface area contributed by atoms with E-state index in [2.05, 4.69) is 24.3 Å². The summed E-state index contributed by atoms with van der Waals surface area (Å²) >= 11 is 0. The fraction of sp³-hybridized carbons (Fsp3) is 0.429. The summed E-state index contributed by atoms with van der Waals surface area (Å²) in [6, 6.07) is 12.4. The Bertz CT molecular complexity index is 753. The lowest BCUT2D eigenvalue weighted by molar-refractivity contribution is -0.135. The molecule has 2 heterocycles. The predicted molar refractivity (Wildman–Crippen MR) is 99.5 cm³/mol. The summed E-state index contributed by atoms with van der Waals surface area (Å²) < 4.78 is 5.24. The van der Waals surface area contributed by atoms with Crippen LogP contribution >= 0.6 is 0 Å². The maximum Gasteiger partial charge on any atom is 0.225 e. The van der Waals surface area contributed by atoms with Crippen LogP contribution in [0.5, 0.6) is 5.75 Å². The summed E-state index contributed by atoms with van der Waals surface area (Å²) in [5.74, 6) is 1.09. The molecule has 1 aliphatic rings. The van der Waals surface area contributed by atoms with Gasteiger partial charge in [0.15, 0.2) is 0 Å². The van der Waals surface area contributed by atoms with Crippen LogP contribution < -0.4 is 4.74 Å². The smallest absolute Gasteiger partial charge is 0.225 e. The lowest BCUT2D eigenvalue weighted by Gasteiger charge is -2.26. The fourth-order valence-corrected chi connectivity index (χ4v) is 3.48. The molecule has 1 fully saturated rings. The molecule has 1 aromatic heterocycles. The molecule has 1 saturated heterocycles. The molecule has 0 spiro atoms. The Morgan fingerprint density at radius 3 is 2.56 bits per heavy atom. The van der Waals surface area contributed by atoms with Crippen LogP contribution in [0.4, 0.5) is 0 Å². The molecule has 25 heavy (non-hydrogen) atoms. The minimum Gasteiger partial charge on any atom is -0.497 e. The number of carbonyl (C=O) groups is 1. The van der Waals surface area contributed by atoms with E-state index in [-0.39, 0.29) is 17.9 Å². The Labute approximate surface area is 149 Å². The van der Waals surface area contributed by atoms with Crippen molar-refractivity contribution in [1.29, 1.82) is 0 Å². The van der Waals surface area contributed by atoms with Gasteiger partial charge in [-0.2, -0.15) is 0 Å². The van der Waals surface area contributed by atoms with Crippen LogP contribution in [0.1, 0.15) is 44.1 Å². The van der Waals surface area contributed by atoms with Gasteiger partial charge in [-0.25, -0.2) is 0 Å². The molecule has 1 atom stereocenters. The van der Waals surface area contributed by atoms with Crippen molar-refractivity contribution >= 4 is 5.91 Å². The van der Waals surface area contributed by atoms with Crippen LogP contribution in [0, 0.1) is 12.8 Å². The first-order valence-corrected chi connectivity index (χ1v) is 8.93. The second-order valence-electron chi connectivity index (χ2n) is 6.99. The molecule has 4 heteroatoms. The highest BCUT2D eigenvalue weighted by molar-refractivity contribution is 5.79. The zero-order valence-electron chi connectivity index (χ0n) is 15.5. The molecule has 0 bridgehead atoms. The number of methoxy groups -OCH3 is 1. The number of likely N-dealkylation sites (tertiary alicyclic amines) is 1. The van der Waals surface area contributed by atoms with E-state index < -0.39 is 0 Å². The second kappa shape index (κ2) is 7.26. The molecule has 3 rings (SSSR count). The van der Waals surface area contributed by atoms with Gasteiger partial charge >= 0.3 is 0 Å². The summed E-state index contributed by atoms with van der Waals surface area (Å²) in [6.07, 6.45) is 2.02.